The maximum absolute atomic E-state index is 12.1. The predicted molar refractivity (Wildman–Crippen MR) is 78.0 cm³/mol. The summed E-state index contributed by atoms with van der Waals surface area (Å²) in [4.78, 5) is 11.9. The normalized spacial score (nSPS) is 15.6. The van der Waals surface area contributed by atoms with E-state index < -0.39 is 30.3 Å². The Hall–Kier alpha value is -0.830. The van der Waals surface area contributed by atoms with E-state index in [1.165, 1.54) is 6.92 Å². The largest absolute Gasteiger partial charge is 0.416 e. The van der Waals surface area contributed by atoms with Crippen LogP contribution in [-0.2, 0) is 10.3 Å². The van der Waals surface area contributed by atoms with Gasteiger partial charge in [-0.2, -0.15) is 13.2 Å². The van der Waals surface area contributed by atoms with Crippen molar-refractivity contribution in [2.75, 3.05) is 6.54 Å². The second-order valence-corrected chi connectivity index (χ2v) is 5.39. The molecule has 0 saturated heterocycles. The van der Waals surface area contributed by atoms with Crippen LogP contribution in [0.5, 0.6) is 0 Å². The Labute approximate surface area is 134 Å². The summed E-state index contributed by atoms with van der Waals surface area (Å²) in [6, 6.07) is 6.50. The predicted octanol–water partition coefficient (Wildman–Crippen LogP) is 2.08. The van der Waals surface area contributed by atoms with Gasteiger partial charge in [0.1, 0.15) is 5.54 Å². The first kappa shape index (κ1) is 20.2. The Morgan fingerprint density at radius 1 is 1.38 bits per heavy atom. The first-order chi connectivity index (χ1) is 9.05. The summed E-state index contributed by atoms with van der Waals surface area (Å²) in [5, 5.41) is 10.8. The lowest BCUT2D eigenvalue weighted by Gasteiger charge is -2.25. The molecule has 0 radical (unpaired) electrons. The fourth-order valence-electron chi connectivity index (χ4n) is 1.42. The van der Waals surface area contributed by atoms with Gasteiger partial charge in [0.2, 0.25) is 5.91 Å². The molecule has 21 heavy (non-hydrogen) atoms. The van der Waals surface area contributed by atoms with E-state index in [2.05, 4.69) is 15.9 Å². The zero-order valence-corrected chi connectivity index (χ0v) is 13.3. The first-order valence-corrected chi connectivity index (χ1v) is 6.42. The summed E-state index contributed by atoms with van der Waals surface area (Å²) in [7, 11) is 0. The van der Waals surface area contributed by atoms with E-state index in [1.54, 1.807) is 24.3 Å². The van der Waals surface area contributed by atoms with Gasteiger partial charge in [-0.1, -0.05) is 28.1 Å². The van der Waals surface area contributed by atoms with Crippen LogP contribution in [-0.4, -0.2) is 29.8 Å². The second kappa shape index (κ2) is 7.44. The minimum Gasteiger partial charge on any atom is -0.382 e. The van der Waals surface area contributed by atoms with Gasteiger partial charge in [0.25, 0.3) is 0 Å². The van der Waals surface area contributed by atoms with Gasteiger partial charge >= 0.3 is 6.18 Å². The molecule has 0 spiro atoms. The number of aliphatic hydroxyl groups excluding tert-OH is 1. The van der Waals surface area contributed by atoms with E-state index in [-0.39, 0.29) is 12.4 Å². The van der Waals surface area contributed by atoms with Crippen molar-refractivity contribution in [1.29, 1.82) is 0 Å². The minimum atomic E-state index is -4.78. The lowest BCUT2D eigenvalue weighted by atomic mass is 9.92. The van der Waals surface area contributed by atoms with Crippen molar-refractivity contribution in [2.45, 2.75) is 24.7 Å². The van der Waals surface area contributed by atoms with E-state index in [4.69, 9.17) is 10.8 Å². The molecule has 2 atom stereocenters. The molecule has 0 bridgehead atoms. The molecular formula is C12H15BrClF3N2O2. The molecule has 4 N–H and O–H groups in total. The van der Waals surface area contributed by atoms with Crippen LogP contribution >= 0.6 is 28.3 Å². The van der Waals surface area contributed by atoms with Gasteiger partial charge in [-0.25, -0.2) is 0 Å². The van der Waals surface area contributed by atoms with Crippen molar-refractivity contribution in [2.24, 2.45) is 5.73 Å². The molecule has 1 aromatic rings. The lowest BCUT2D eigenvalue weighted by Crippen LogP contribution is -2.52. The van der Waals surface area contributed by atoms with Crippen LogP contribution in [0.3, 0.4) is 0 Å². The Bertz CT molecular complexity index is 480. The number of nitrogens with two attached hydrogens (primary N) is 1. The second-order valence-electron chi connectivity index (χ2n) is 4.48. The highest BCUT2D eigenvalue weighted by molar-refractivity contribution is 9.10. The molecule has 0 aliphatic carbocycles. The van der Waals surface area contributed by atoms with E-state index in [1.807, 2.05) is 5.32 Å². The van der Waals surface area contributed by atoms with Gasteiger partial charge in [0, 0.05) is 4.47 Å². The van der Waals surface area contributed by atoms with Gasteiger partial charge in [-0.3, -0.25) is 4.79 Å². The van der Waals surface area contributed by atoms with Gasteiger partial charge in [0.15, 0.2) is 6.10 Å². The highest BCUT2D eigenvalue weighted by atomic mass is 79.9. The molecule has 1 rings (SSSR count). The molecule has 0 fully saturated rings. The van der Waals surface area contributed by atoms with Crippen LogP contribution in [0.4, 0.5) is 13.2 Å². The lowest BCUT2D eigenvalue weighted by molar-refractivity contribution is -0.202. The van der Waals surface area contributed by atoms with Crippen molar-refractivity contribution in [3.05, 3.63) is 34.3 Å². The number of nitrogens with one attached hydrogen (secondary N) is 1. The molecule has 0 saturated carbocycles. The summed E-state index contributed by atoms with van der Waals surface area (Å²) in [5.41, 5.74) is 4.79. The average molecular weight is 392 g/mol. The number of rotatable bonds is 4. The van der Waals surface area contributed by atoms with Crippen LogP contribution in [0, 0.1) is 0 Å². The van der Waals surface area contributed by atoms with Gasteiger partial charge < -0.3 is 16.2 Å². The quantitative estimate of drug-likeness (QED) is 0.736. The average Bonchev–Trinajstić information content (AvgIpc) is 2.34. The summed E-state index contributed by atoms with van der Waals surface area (Å²) in [5.74, 6) is -0.803. The molecule has 9 heteroatoms. The number of aliphatic hydroxyl groups is 1. The summed E-state index contributed by atoms with van der Waals surface area (Å²) < 4.78 is 37.2. The number of alkyl halides is 3. The molecule has 0 aliphatic heterocycles. The van der Waals surface area contributed by atoms with Gasteiger partial charge in [0.05, 0.1) is 6.54 Å². The van der Waals surface area contributed by atoms with E-state index in [0.717, 1.165) is 4.47 Å². The van der Waals surface area contributed by atoms with Gasteiger partial charge in [-0.05, 0) is 24.6 Å². The van der Waals surface area contributed by atoms with E-state index in [9.17, 15) is 18.0 Å². The van der Waals surface area contributed by atoms with Crippen molar-refractivity contribution in [1.82, 2.24) is 5.32 Å². The fourth-order valence-corrected chi connectivity index (χ4v) is 1.68. The number of halogens is 5. The smallest absolute Gasteiger partial charge is 0.382 e. The third-order valence-corrected chi connectivity index (χ3v) is 3.28. The molecule has 1 amide bonds. The molecule has 1 aromatic carbocycles. The van der Waals surface area contributed by atoms with Gasteiger partial charge in [-0.15, -0.1) is 12.4 Å². The summed E-state index contributed by atoms with van der Waals surface area (Å²) in [6.07, 6.45) is -7.40. The van der Waals surface area contributed by atoms with Crippen LogP contribution < -0.4 is 11.1 Å². The van der Waals surface area contributed by atoms with E-state index >= 15 is 0 Å². The molecule has 0 aliphatic rings. The van der Waals surface area contributed by atoms with Crippen molar-refractivity contribution in [3.63, 3.8) is 0 Å². The number of carbonyl (C=O) groups is 1. The zero-order valence-electron chi connectivity index (χ0n) is 10.9. The van der Waals surface area contributed by atoms with Crippen LogP contribution in [0.2, 0.25) is 0 Å². The topological polar surface area (TPSA) is 75.4 Å². The number of hydrogen-bond donors (Lipinski definition) is 3. The molecular weight excluding hydrogens is 376 g/mol. The van der Waals surface area contributed by atoms with Crippen LogP contribution in [0.25, 0.3) is 0 Å². The Morgan fingerprint density at radius 3 is 2.29 bits per heavy atom. The zero-order chi connectivity index (χ0) is 15.6. The molecule has 0 heterocycles. The Morgan fingerprint density at radius 2 is 1.86 bits per heavy atom. The maximum Gasteiger partial charge on any atom is 0.416 e. The van der Waals surface area contributed by atoms with Crippen LogP contribution in [0.15, 0.2) is 28.7 Å². The van der Waals surface area contributed by atoms with Crippen molar-refractivity contribution >= 4 is 34.2 Å². The maximum atomic E-state index is 12.1. The number of benzene rings is 1. The highest BCUT2D eigenvalue weighted by Crippen LogP contribution is 2.22. The first-order valence-electron chi connectivity index (χ1n) is 5.63. The van der Waals surface area contributed by atoms with E-state index in [0.29, 0.717) is 5.56 Å². The molecule has 0 aromatic heterocycles. The number of carbonyl (C=O) groups excluding carboxylic acids is 1. The van der Waals surface area contributed by atoms with Crippen LogP contribution in [0.1, 0.15) is 12.5 Å². The molecule has 120 valence electrons. The summed E-state index contributed by atoms with van der Waals surface area (Å²) >= 11 is 3.22. The minimum absolute atomic E-state index is 0. The monoisotopic (exact) mass is 390 g/mol. The fraction of sp³-hybridized carbons (Fsp3) is 0.417. The van der Waals surface area contributed by atoms with Crippen molar-refractivity contribution in [3.8, 4) is 0 Å². The third kappa shape index (κ3) is 5.46. The van der Waals surface area contributed by atoms with Crippen molar-refractivity contribution < 1.29 is 23.1 Å². The summed E-state index contributed by atoms with van der Waals surface area (Å²) in [6.45, 7) is 0.442. The Balaban J connectivity index is 0.00000400. The standard InChI is InChI=1S/C12H14BrF3N2O2.ClH/c1-11(17,7-2-4-8(13)5-3-7)10(20)18-6-9(19)12(14,15)16;/h2-5,9,19H,6,17H2,1H3,(H,18,20);1H. The SMILES string of the molecule is CC(N)(C(=O)NCC(O)C(F)(F)F)c1ccc(Br)cc1.Cl. The third-order valence-electron chi connectivity index (χ3n) is 2.75. The number of hydrogen-bond acceptors (Lipinski definition) is 3. The highest BCUT2D eigenvalue weighted by Gasteiger charge is 2.39. The molecule has 4 nitrogen and oxygen atoms in total. The number of amides is 1. The Kier molecular flexibility index (Phi) is 7.14. The molecule has 2 unspecified atom stereocenters.